The number of aliphatic hydroxyl groups is 1. The number of hydrogen-bond acceptors (Lipinski definition) is 4. The zero-order valence-corrected chi connectivity index (χ0v) is 15.0. The van der Waals surface area contributed by atoms with Crippen molar-refractivity contribution in [1.29, 1.82) is 0 Å². The number of aryl methyl sites for hydroxylation is 1. The van der Waals surface area contributed by atoms with Gasteiger partial charge in [0.05, 0.1) is 6.54 Å². The Bertz CT molecular complexity index is 829. The molecule has 0 saturated heterocycles. The highest BCUT2D eigenvalue weighted by atomic mass is 35.5. The maximum Gasteiger partial charge on any atom is 0.220 e. The lowest BCUT2D eigenvalue weighted by Crippen LogP contribution is -2.28. The second kappa shape index (κ2) is 8.34. The Labute approximate surface area is 155 Å². The molecule has 0 bridgehead atoms. The van der Waals surface area contributed by atoms with E-state index >= 15 is 0 Å². The first-order valence-corrected chi connectivity index (χ1v) is 9.25. The van der Waals surface area contributed by atoms with Gasteiger partial charge in [-0.1, -0.05) is 23.7 Å². The molecule has 4 nitrogen and oxygen atoms in total. The van der Waals surface area contributed by atoms with E-state index in [0.717, 1.165) is 11.1 Å². The van der Waals surface area contributed by atoms with E-state index in [1.807, 2.05) is 41.1 Å². The molecule has 0 aliphatic heterocycles. The fraction of sp³-hybridized carbons (Fsp3) is 0.211. The third-order valence-electron chi connectivity index (χ3n) is 3.78. The number of thiophene rings is 1. The number of carbonyl (C=O) groups excluding carboxylic acids is 1. The van der Waals surface area contributed by atoms with Gasteiger partial charge in [0.25, 0.3) is 0 Å². The normalized spacial score (nSPS) is 12.1. The molecule has 2 heterocycles. The Morgan fingerprint density at radius 1 is 1.28 bits per heavy atom. The summed E-state index contributed by atoms with van der Waals surface area (Å²) in [4.78, 5) is 11.9. The van der Waals surface area contributed by atoms with E-state index in [0.29, 0.717) is 29.4 Å². The number of benzene rings is 1. The minimum absolute atomic E-state index is 0.116. The van der Waals surface area contributed by atoms with Gasteiger partial charge >= 0.3 is 0 Å². The average Bonchev–Trinajstić information content (AvgIpc) is 3.28. The van der Waals surface area contributed by atoms with E-state index in [2.05, 4.69) is 5.32 Å². The van der Waals surface area contributed by atoms with Crippen molar-refractivity contribution in [1.82, 2.24) is 5.32 Å². The van der Waals surface area contributed by atoms with Crippen molar-refractivity contribution in [3.63, 3.8) is 0 Å². The lowest BCUT2D eigenvalue weighted by Gasteiger charge is -2.10. The third kappa shape index (κ3) is 4.95. The Balaban J connectivity index is 1.47. The highest BCUT2D eigenvalue weighted by Crippen LogP contribution is 2.26. The molecular formula is C19H18ClNO3S. The van der Waals surface area contributed by atoms with Crippen LogP contribution in [0.15, 0.2) is 57.6 Å². The second-order valence-corrected chi connectivity index (χ2v) is 6.88. The van der Waals surface area contributed by atoms with Crippen LogP contribution >= 0.6 is 22.9 Å². The molecule has 1 amide bonds. The third-order valence-corrected chi connectivity index (χ3v) is 4.70. The maximum atomic E-state index is 11.9. The summed E-state index contributed by atoms with van der Waals surface area (Å²) >= 11 is 7.51. The molecule has 3 rings (SSSR count). The van der Waals surface area contributed by atoms with Gasteiger partial charge in [0.2, 0.25) is 5.91 Å². The number of hydrogen-bond donors (Lipinski definition) is 2. The number of rotatable bonds is 7. The van der Waals surface area contributed by atoms with Gasteiger partial charge in [-0.15, -0.1) is 0 Å². The summed E-state index contributed by atoms with van der Waals surface area (Å²) in [6, 6.07) is 13.0. The zero-order valence-electron chi connectivity index (χ0n) is 13.4. The van der Waals surface area contributed by atoms with E-state index in [9.17, 15) is 9.90 Å². The molecule has 6 heteroatoms. The molecule has 1 atom stereocenters. The SMILES string of the molecule is O=C(CCc1cccc(Cl)c1)NCC(O)c1ccc(-c2ccsc2)o1. The number of halogens is 1. The Kier molecular flexibility index (Phi) is 5.91. The fourth-order valence-electron chi connectivity index (χ4n) is 2.44. The second-order valence-electron chi connectivity index (χ2n) is 5.66. The van der Waals surface area contributed by atoms with Gasteiger partial charge in [0.1, 0.15) is 17.6 Å². The molecule has 0 aliphatic carbocycles. The molecule has 0 aliphatic rings. The molecule has 130 valence electrons. The molecule has 2 N–H and O–H groups in total. The molecule has 1 aromatic carbocycles. The Morgan fingerprint density at radius 3 is 2.92 bits per heavy atom. The molecule has 25 heavy (non-hydrogen) atoms. The van der Waals surface area contributed by atoms with Crippen molar-refractivity contribution in [3.8, 4) is 11.3 Å². The topological polar surface area (TPSA) is 62.5 Å². The number of furan rings is 1. The van der Waals surface area contributed by atoms with Gasteiger partial charge in [-0.2, -0.15) is 11.3 Å². The summed E-state index contributed by atoms with van der Waals surface area (Å²) in [5, 5.41) is 17.5. The molecule has 0 radical (unpaired) electrons. The highest BCUT2D eigenvalue weighted by Gasteiger charge is 2.14. The van der Waals surface area contributed by atoms with E-state index < -0.39 is 6.10 Å². The van der Waals surface area contributed by atoms with Crippen LogP contribution < -0.4 is 5.32 Å². The summed E-state index contributed by atoms with van der Waals surface area (Å²) < 4.78 is 5.66. The van der Waals surface area contributed by atoms with Crippen LogP contribution in [0, 0.1) is 0 Å². The van der Waals surface area contributed by atoms with Crippen molar-refractivity contribution in [2.24, 2.45) is 0 Å². The van der Waals surface area contributed by atoms with E-state index in [-0.39, 0.29) is 12.5 Å². The van der Waals surface area contributed by atoms with Crippen LogP contribution in [0.3, 0.4) is 0 Å². The quantitative estimate of drug-likeness (QED) is 0.641. The van der Waals surface area contributed by atoms with Crippen molar-refractivity contribution in [2.75, 3.05) is 6.54 Å². The van der Waals surface area contributed by atoms with Gasteiger partial charge in [-0.05, 0) is 47.7 Å². The standard InChI is InChI=1S/C19H18ClNO3S/c20-15-3-1-2-13(10-15)4-7-19(23)21-11-16(22)18-6-5-17(24-18)14-8-9-25-12-14/h1-3,5-6,8-10,12,16,22H,4,7,11H2,(H,21,23). The number of nitrogens with one attached hydrogen (secondary N) is 1. The van der Waals surface area contributed by atoms with Crippen molar-refractivity contribution >= 4 is 28.8 Å². The first kappa shape index (κ1) is 17.7. The fourth-order valence-corrected chi connectivity index (χ4v) is 3.30. The molecule has 3 aromatic rings. The van der Waals surface area contributed by atoms with Gasteiger partial charge in [-0.3, -0.25) is 4.79 Å². The smallest absolute Gasteiger partial charge is 0.220 e. The van der Waals surface area contributed by atoms with Crippen LogP contribution in [0.25, 0.3) is 11.3 Å². The molecule has 1 unspecified atom stereocenters. The van der Waals surface area contributed by atoms with Gasteiger partial charge in [0, 0.05) is 22.4 Å². The minimum Gasteiger partial charge on any atom is -0.458 e. The summed E-state index contributed by atoms with van der Waals surface area (Å²) in [6.07, 6.45) is 0.0687. The van der Waals surface area contributed by atoms with E-state index in [1.54, 1.807) is 23.5 Å². The monoisotopic (exact) mass is 375 g/mol. The van der Waals surface area contributed by atoms with Crippen molar-refractivity contribution < 1.29 is 14.3 Å². The first-order valence-electron chi connectivity index (χ1n) is 7.93. The maximum absolute atomic E-state index is 11.9. The summed E-state index contributed by atoms with van der Waals surface area (Å²) in [7, 11) is 0. The van der Waals surface area contributed by atoms with E-state index in [4.69, 9.17) is 16.0 Å². The van der Waals surface area contributed by atoms with Crippen LogP contribution in [0.2, 0.25) is 5.02 Å². The average molecular weight is 376 g/mol. The lowest BCUT2D eigenvalue weighted by atomic mass is 10.1. The number of carbonyl (C=O) groups is 1. The number of aliphatic hydroxyl groups excluding tert-OH is 1. The van der Waals surface area contributed by atoms with E-state index in [1.165, 1.54) is 0 Å². The minimum atomic E-state index is -0.873. The van der Waals surface area contributed by atoms with Crippen molar-refractivity contribution in [2.45, 2.75) is 18.9 Å². The predicted molar refractivity (Wildman–Crippen MR) is 99.8 cm³/mol. The highest BCUT2D eigenvalue weighted by molar-refractivity contribution is 7.08. The zero-order chi connectivity index (χ0) is 17.6. The largest absolute Gasteiger partial charge is 0.458 e. The van der Waals surface area contributed by atoms with Crippen molar-refractivity contribution in [3.05, 3.63) is 69.6 Å². The van der Waals surface area contributed by atoms with Crippen LogP contribution in [0.5, 0.6) is 0 Å². The Hall–Kier alpha value is -2.08. The summed E-state index contributed by atoms with van der Waals surface area (Å²) in [6.45, 7) is 0.116. The van der Waals surface area contributed by atoms with Gasteiger partial charge < -0.3 is 14.8 Å². The molecule has 0 fully saturated rings. The first-order chi connectivity index (χ1) is 12.1. The summed E-state index contributed by atoms with van der Waals surface area (Å²) in [5.74, 6) is 1.03. The van der Waals surface area contributed by atoms with Crippen LogP contribution in [0.4, 0.5) is 0 Å². The van der Waals surface area contributed by atoms with Crippen LogP contribution in [-0.4, -0.2) is 17.6 Å². The Morgan fingerprint density at radius 2 is 2.16 bits per heavy atom. The summed E-state index contributed by atoms with van der Waals surface area (Å²) in [5.41, 5.74) is 1.99. The molecule has 0 saturated carbocycles. The predicted octanol–water partition coefficient (Wildman–Crippen LogP) is 4.44. The van der Waals surface area contributed by atoms with Gasteiger partial charge in [0.15, 0.2) is 0 Å². The lowest BCUT2D eigenvalue weighted by molar-refractivity contribution is -0.121. The number of amides is 1. The van der Waals surface area contributed by atoms with Gasteiger partial charge in [-0.25, -0.2) is 0 Å². The molecule has 0 spiro atoms. The molecule has 2 aromatic heterocycles. The van der Waals surface area contributed by atoms with Crippen LogP contribution in [0.1, 0.15) is 23.8 Å². The molecular weight excluding hydrogens is 358 g/mol. The van der Waals surface area contributed by atoms with Crippen LogP contribution in [-0.2, 0) is 11.2 Å².